The Bertz CT molecular complexity index is 863. The van der Waals surface area contributed by atoms with Crippen LogP contribution in [0.4, 0.5) is 0 Å². The zero-order valence-corrected chi connectivity index (χ0v) is 15.8. The highest BCUT2D eigenvalue weighted by atomic mass is 35.5. The van der Waals surface area contributed by atoms with Crippen molar-refractivity contribution in [2.45, 2.75) is 32.7 Å². The molecule has 0 unspecified atom stereocenters. The van der Waals surface area contributed by atoms with Crippen LogP contribution in [0.15, 0.2) is 29.3 Å². The fourth-order valence-electron chi connectivity index (χ4n) is 4.15. The number of amides is 1. The molecule has 2 saturated heterocycles. The smallest absolute Gasteiger partial charge is 0.261 e. The van der Waals surface area contributed by atoms with Crippen LogP contribution < -0.4 is 10.9 Å². The number of fused-ring (bicyclic) bond motifs is 1. The number of benzene rings is 1. The van der Waals surface area contributed by atoms with E-state index in [1.807, 2.05) is 24.0 Å². The van der Waals surface area contributed by atoms with Gasteiger partial charge in [-0.15, -0.1) is 12.4 Å². The van der Waals surface area contributed by atoms with Crippen LogP contribution in [0.5, 0.6) is 0 Å². The average Bonchev–Trinajstić information content (AvgIpc) is 3.06. The summed E-state index contributed by atoms with van der Waals surface area (Å²) in [5, 5.41) is 4.01. The van der Waals surface area contributed by atoms with Crippen molar-refractivity contribution in [1.82, 2.24) is 19.8 Å². The van der Waals surface area contributed by atoms with E-state index in [0.717, 1.165) is 44.6 Å². The van der Waals surface area contributed by atoms with E-state index in [9.17, 15) is 9.59 Å². The molecule has 2 aliphatic rings. The number of carbonyl (C=O) groups excluding carboxylic acids is 1. The number of piperidine rings is 1. The maximum atomic E-state index is 12.6. The van der Waals surface area contributed by atoms with Crippen LogP contribution in [0, 0.1) is 12.3 Å². The molecule has 7 heteroatoms. The minimum absolute atomic E-state index is 0. The topological polar surface area (TPSA) is 67.2 Å². The van der Waals surface area contributed by atoms with Gasteiger partial charge >= 0.3 is 0 Å². The molecule has 0 aliphatic carbocycles. The average molecular weight is 377 g/mol. The number of nitrogens with one attached hydrogen (secondary N) is 1. The molecule has 0 radical (unpaired) electrons. The molecule has 2 aromatic rings. The van der Waals surface area contributed by atoms with Gasteiger partial charge in [0.15, 0.2) is 0 Å². The summed E-state index contributed by atoms with van der Waals surface area (Å²) < 4.78 is 1.44. The second kappa shape index (κ2) is 7.37. The van der Waals surface area contributed by atoms with E-state index < -0.39 is 0 Å². The van der Waals surface area contributed by atoms with Crippen molar-refractivity contribution >= 4 is 29.2 Å². The molecule has 4 rings (SSSR count). The van der Waals surface area contributed by atoms with Crippen LogP contribution in [-0.4, -0.2) is 46.5 Å². The molecule has 1 spiro atoms. The summed E-state index contributed by atoms with van der Waals surface area (Å²) in [5.41, 5.74) is 1.93. The Balaban J connectivity index is 0.00000196. The molecule has 2 fully saturated rings. The molecule has 0 atom stereocenters. The predicted molar refractivity (Wildman–Crippen MR) is 104 cm³/mol. The number of hydrogen-bond acceptors (Lipinski definition) is 4. The van der Waals surface area contributed by atoms with Crippen molar-refractivity contribution in [2.75, 3.05) is 26.2 Å². The summed E-state index contributed by atoms with van der Waals surface area (Å²) in [6, 6.07) is 5.56. The summed E-state index contributed by atoms with van der Waals surface area (Å²) >= 11 is 0. The lowest BCUT2D eigenvalue weighted by Crippen LogP contribution is -2.45. The first-order valence-electron chi connectivity index (χ1n) is 9.01. The van der Waals surface area contributed by atoms with E-state index in [0.29, 0.717) is 16.3 Å². The Morgan fingerprint density at radius 1 is 1.27 bits per heavy atom. The minimum Gasteiger partial charge on any atom is -0.341 e. The van der Waals surface area contributed by atoms with Crippen molar-refractivity contribution in [2.24, 2.45) is 5.41 Å². The molecule has 2 aliphatic heterocycles. The van der Waals surface area contributed by atoms with E-state index in [1.165, 1.54) is 17.3 Å². The molecular formula is C19H25ClN4O2. The highest BCUT2D eigenvalue weighted by molar-refractivity contribution is 5.85. The number of aromatic nitrogens is 2. The lowest BCUT2D eigenvalue weighted by molar-refractivity contribution is -0.134. The molecule has 6 nitrogen and oxygen atoms in total. The number of nitrogens with zero attached hydrogens (tertiary/aromatic N) is 3. The maximum absolute atomic E-state index is 12.6. The highest BCUT2D eigenvalue weighted by Crippen LogP contribution is 2.36. The van der Waals surface area contributed by atoms with Gasteiger partial charge in [-0.3, -0.25) is 14.2 Å². The molecule has 26 heavy (non-hydrogen) atoms. The van der Waals surface area contributed by atoms with Gasteiger partial charge in [0.1, 0.15) is 6.54 Å². The molecule has 0 saturated carbocycles. The van der Waals surface area contributed by atoms with Crippen molar-refractivity contribution in [3.8, 4) is 0 Å². The van der Waals surface area contributed by atoms with Gasteiger partial charge in [-0.1, -0.05) is 12.1 Å². The fraction of sp³-hybridized carbons (Fsp3) is 0.526. The molecule has 1 N–H and O–H groups in total. The van der Waals surface area contributed by atoms with E-state index in [2.05, 4.69) is 10.3 Å². The number of carbonyl (C=O) groups is 1. The first-order valence-corrected chi connectivity index (χ1v) is 9.01. The monoisotopic (exact) mass is 376 g/mol. The summed E-state index contributed by atoms with van der Waals surface area (Å²) in [6.45, 7) is 5.74. The van der Waals surface area contributed by atoms with Gasteiger partial charge in [0.25, 0.3) is 5.56 Å². The predicted octanol–water partition coefficient (Wildman–Crippen LogP) is 1.73. The summed E-state index contributed by atoms with van der Waals surface area (Å²) in [7, 11) is 0. The number of rotatable bonds is 2. The second-order valence-electron chi connectivity index (χ2n) is 7.46. The summed E-state index contributed by atoms with van der Waals surface area (Å²) in [4.78, 5) is 31.6. The zero-order chi connectivity index (χ0) is 17.4. The van der Waals surface area contributed by atoms with Gasteiger partial charge in [0, 0.05) is 19.6 Å². The van der Waals surface area contributed by atoms with E-state index in [1.54, 1.807) is 6.07 Å². The van der Waals surface area contributed by atoms with E-state index >= 15 is 0 Å². The van der Waals surface area contributed by atoms with Gasteiger partial charge in [-0.2, -0.15) is 0 Å². The normalized spacial score (nSPS) is 18.9. The maximum Gasteiger partial charge on any atom is 0.261 e. The number of hydrogen-bond donors (Lipinski definition) is 1. The lowest BCUT2D eigenvalue weighted by Gasteiger charge is -2.38. The largest absolute Gasteiger partial charge is 0.341 e. The molecule has 1 aromatic heterocycles. The zero-order valence-electron chi connectivity index (χ0n) is 15.0. The van der Waals surface area contributed by atoms with E-state index in [-0.39, 0.29) is 30.4 Å². The first-order chi connectivity index (χ1) is 12.1. The summed E-state index contributed by atoms with van der Waals surface area (Å²) in [5.74, 6) is 0.0108. The number of halogens is 1. The molecule has 1 aromatic carbocycles. The van der Waals surface area contributed by atoms with Crippen molar-refractivity contribution in [1.29, 1.82) is 0 Å². The summed E-state index contributed by atoms with van der Waals surface area (Å²) in [6.07, 6.45) is 4.82. The quantitative estimate of drug-likeness (QED) is 0.866. The number of aryl methyl sites for hydroxylation is 1. The first kappa shape index (κ1) is 18.9. The Labute approximate surface area is 159 Å². The van der Waals surface area contributed by atoms with Crippen molar-refractivity contribution in [3.63, 3.8) is 0 Å². The number of para-hydroxylation sites is 1. The van der Waals surface area contributed by atoms with Crippen LogP contribution in [0.25, 0.3) is 10.9 Å². The Kier molecular flexibility index (Phi) is 5.34. The Morgan fingerprint density at radius 2 is 2.04 bits per heavy atom. The molecule has 3 heterocycles. The Morgan fingerprint density at radius 3 is 2.73 bits per heavy atom. The molecule has 1 amide bonds. The van der Waals surface area contributed by atoms with E-state index in [4.69, 9.17) is 0 Å². The van der Waals surface area contributed by atoms with Crippen LogP contribution >= 0.6 is 12.4 Å². The van der Waals surface area contributed by atoms with Crippen molar-refractivity contribution in [3.05, 3.63) is 40.4 Å². The third-order valence-corrected chi connectivity index (χ3v) is 5.87. The van der Waals surface area contributed by atoms with Crippen LogP contribution in [0.1, 0.15) is 24.8 Å². The van der Waals surface area contributed by atoms with Gasteiger partial charge < -0.3 is 10.2 Å². The van der Waals surface area contributed by atoms with Gasteiger partial charge in [0.2, 0.25) is 5.91 Å². The van der Waals surface area contributed by atoms with Gasteiger partial charge in [-0.05, 0) is 49.8 Å². The lowest BCUT2D eigenvalue weighted by atomic mass is 9.78. The molecular weight excluding hydrogens is 352 g/mol. The second-order valence-corrected chi connectivity index (χ2v) is 7.46. The fourth-order valence-corrected chi connectivity index (χ4v) is 4.15. The molecule has 0 bridgehead atoms. The third-order valence-electron chi connectivity index (χ3n) is 5.87. The van der Waals surface area contributed by atoms with Gasteiger partial charge in [-0.25, -0.2) is 4.98 Å². The third kappa shape index (κ3) is 3.35. The SMILES string of the molecule is Cc1cccc2c(=O)n(CC(=O)N3CCC4(CCNC4)CC3)cnc12.Cl. The van der Waals surface area contributed by atoms with Gasteiger partial charge in [0.05, 0.1) is 17.2 Å². The van der Waals surface area contributed by atoms with Crippen LogP contribution in [0.2, 0.25) is 0 Å². The van der Waals surface area contributed by atoms with Crippen LogP contribution in [-0.2, 0) is 11.3 Å². The minimum atomic E-state index is -0.143. The highest BCUT2D eigenvalue weighted by Gasteiger charge is 2.38. The van der Waals surface area contributed by atoms with Crippen molar-refractivity contribution < 1.29 is 4.79 Å². The number of likely N-dealkylation sites (tertiary alicyclic amines) is 1. The molecule has 140 valence electrons. The Hall–Kier alpha value is -1.92. The standard InChI is InChI=1S/C19H24N4O2.ClH/c1-14-3-2-4-15-17(14)21-13-23(18(15)25)11-16(24)22-9-6-19(7-10-22)5-8-20-12-19;/h2-4,13,20H,5-12H2,1H3;1H. The van der Waals surface area contributed by atoms with Crippen LogP contribution in [0.3, 0.4) is 0 Å².